The molecular formula is C26H38Cl2N2O3. The maximum Gasteiger partial charge on any atom is 0.160 e. The quantitative estimate of drug-likeness (QED) is 0.149. The summed E-state index contributed by atoms with van der Waals surface area (Å²) in [6.07, 6.45) is 11.6. The lowest BCUT2D eigenvalue weighted by Gasteiger charge is -2.17. The number of carbonyl (C=O) groups is 1. The van der Waals surface area contributed by atoms with Crippen molar-refractivity contribution in [2.75, 3.05) is 39.9 Å². The Morgan fingerprint density at radius 2 is 1.91 bits per heavy atom. The Balaban J connectivity index is 0.00000265. The molecule has 0 amide bonds. The molecule has 0 radical (unpaired) electrons. The Morgan fingerprint density at radius 1 is 1.18 bits per heavy atom. The van der Waals surface area contributed by atoms with Crippen molar-refractivity contribution in [3.63, 3.8) is 0 Å². The minimum absolute atomic E-state index is 0.237. The number of methoxy groups -OCH3 is 1. The van der Waals surface area contributed by atoms with E-state index in [1.807, 2.05) is 51.3 Å². The standard InChI is InChI=1S/C24H32Cl2N2O3.C2H6/c1-3-23(31-16-15-28-13-4-5-14-28)24(30-2)7-6-11-27-12-10-20(18-29)19-8-9-21(25)22(26)17-19;1-2/h3,6-9,11,17-18,20,27H,4-5,10,12-16H2,1-2H3;1-2H3/b11-6+,23-3+,24-7+;. The normalized spacial score (nSPS) is 15.7. The predicted molar refractivity (Wildman–Crippen MR) is 139 cm³/mol. The average molecular weight is 498 g/mol. The van der Waals surface area contributed by atoms with Gasteiger partial charge >= 0.3 is 0 Å². The number of carbonyl (C=O) groups excluding carboxylic acids is 1. The van der Waals surface area contributed by atoms with E-state index in [2.05, 4.69) is 10.2 Å². The Hall–Kier alpha value is -1.95. The lowest BCUT2D eigenvalue weighted by atomic mass is 9.97. The van der Waals surface area contributed by atoms with Crippen LogP contribution in [-0.4, -0.2) is 51.1 Å². The average Bonchev–Trinajstić information content (AvgIpc) is 3.36. The highest BCUT2D eigenvalue weighted by Crippen LogP contribution is 2.27. The highest BCUT2D eigenvalue weighted by molar-refractivity contribution is 6.42. The monoisotopic (exact) mass is 496 g/mol. The van der Waals surface area contributed by atoms with Crippen LogP contribution in [-0.2, 0) is 14.3 Å². The van der Waals surface area contributed by atoms with Crippen molar-refractivity contribution in [1.29, 1.82) is 0 Å². The van der Waals surface area contributed by atoms with E-state index >= 15 is 0 Å². The van der Waals surface area contributed by atoms with Crippen molar-refractivity contribution >= 4 is 29.5 Å². The SMILES string of the molecule is CC.C\C=C(OCCN1CCCC1)/C(=C\C=C\NCCC(C=O)c1ccc(Cl)c(Cl)c1)OC. The minimum Gasteiger partial charge on any atom is -0.493 e. The summed E-state index contributed by atoms with van der Waals surface area (Å²) in [5, 5.41) is 4.14. The summed E-state index contributed by atoms with van der Waals surface area (Å²) in [5.74, 6) is 1.16. The summed E-state index contributed by atoms with van der Waals surface area (Å²) in [6, 6.07) is 5.29. The van der Waals surface area contributed by atoms with Gasteiger partial charge < -0.3 is 19.6 Å². The number of allylic oxidation sites excluding steroid dienone is 3. The van der Waals surface area contributed by atoms with Crippen LogP contribution in [0.15, 0.2) is 54.1 Å². The van der Waals surface area contributed by atoms with Crippen molar-refractivity contribution in [2.24, 2.45) is 0 Å². The molecule has 1 unspecified atom stereocenters. The van der Waals surface area contributed by atoms with Gasteiger partial charge in [-0.25, -0.2) is 0 Å². The van der Waals surface area contributed by atoms with E-state index in [0.717, 1.165) is 37.2 Å². The molecule has 33 heavy (non-hydrogen) atoms. The summed E-state index contributed by atoms with van der Waals surface area (Å²) in [7, 11) is 1.63. The zero-order chi connectivity index (χ0) is 24.5. The summed E-state index contributed by atoms with van der Waals surface area (Å²) >= 11 is 12.0. The van der Waals surface area contributed by atoms with E-state index in [0.29, 0.717) is 35.4 Å². The first-order chi connectivity index (χ1) is 16.1. The fourth-order valence-electron chi connectivity index (χ4n) is 3.42. The van der Waals surface area contributed by atoms with Crippen molar-refractivity contribution in [3.8, 4) is 0 Å². The van der Waals surface area contributed by atoms with Gasteiger partial charge in [0.05, 0.1) is 17.2 Å². The van der Waals surface area contributed by atoms with E-state index in [1.54, 1.807) is 19.2 Å². The molecule has 0 spiro atoms. The predicted octanol–water partition coefficient (Wildman–Crippen LogP) is 6.34. The number of halogens is 2. The van der Waals surface area contributed by atoms with Gasteiger partial charge in [0.25, 0.3) is 0 Å². The van der Waals surface area contributed by atoms with Crippen LogP contribution >= 0.6 is 23.2 Å². The van der Waals surface area contributed by atoms with Crippen LogP contribution in [0, 0.1) is 0 Å². The molecule has 0 bridgehead atoms. The second kappa shape index (κ2) is 17.5. The van der Waals surface area contributed by atoms with Crippen LogP contribution in [0.5, 0.6) is 0 Å². The van der Waals surface area contributed by atoms with Crippen LogP contribution < -0.4 is 5.32 Å². The highest BCUT2D eigenvalue weighted by Gasteiger charge is 2.13. The largest absolute Gasteiger partial charge is 0.493 e. The van der Waals surface area contributed by atoms with E-state index in [9.17, 15) is 4.79 Å². The molecule has 1 fully saturated rings. The van der Waals surface area contributed by atoms with Crippen molar-refractivity contribution in [3.05, 3.63) is 69.8 Å². The van der Waals surface area contributed by atoms with E-state index < -0.39 is 0 Å². The first-order valence-electron chi connectivity index (χ1n) is 11.6. The third kappa shape index (κ3) is 10.7. The third-order valence-electron chi connectivity index (χ3n) is 5.19. The van der Waals surface area contributed by atoms with E-state index in [4.69, 9.17) is 32.7 Å². The molecular weight excluding hydrogens is 459 g/mol. The van der Waals surface area contributed by atoms with Crippen molar-refractivity contribution in [1.82, 2.24) is 10.2 Å². The van der Waals surface area contributed by atoms with Gasteiger partial charge in [-0.05, 0) is 81.4 Å². The van der Waals surface area contributed by atoms with Crippen LogP contribution in [0.25, 0.3) is 0 Å². The van der Waals surface area contributed by atoms with Gasteiger partial charge in [0.2, 0.25) is 0 Å². The van der Waals surface area contributed by atoms with Gasteiger partial charge in [-0.2, -0.15) is 0 Å². The molecule has 1 aliphatic heterocycles. The number of hydrogen-bond acceptors (Lipinski definition) is 5. The number of aldehydes is 1. The molecule has 1 heterocycles. The number of hydrogen-bond donors (Lipinski definition) is 1. The molecule has 184 valence electrons. The van der Waals surface area contributed by atoms with Gasteiger partial charge in [0.15, 0.2) is 11.5 Å². The van der Waals surface area contributed by atoms with Crippen LogP contribution in [0.3, 0.4) is 0 Å². The fourth-order valence-corrected chi connectivity index (χ4v) is 3.73. The molecule has 5 nitrogen and oxygen atoms in total. The number of rotatable bonds is 13. The number of likely N-dealkylation sites (tertiary alicyclic amines) is 1. The molecule has 1 aromatic rings. The van der Waals surface area contributed by atoms with Crippen LogP contribution in [0.2, 0.25) is 10.0 Å². The van der Waals surface area contributed by atoms with E-state index in [1.165, 1.54) is 12.8 Å². The topological polar surface area (TPSA) is 50.8 Å². The number of ether oxygens (including phenoxy) is 2. The van der Waals surface area contributed by atoms with Gasteiger partial charge in [-0.3, -0.25) is 4.90 Å². The Labute approximate surface area is 209 Å². The highest BCUT2D eigenvalue weighted by atomic mass is 35.5. The number of nitrogens with zero attached hydrogens (tertiary/aromatic N) is 1. The van der Waals surface area contributed by atoms with Gasteiger partial charge in [0, 0.05) is 19.0 Å². The van der Waals surface area contributed by atoms with E-state index in [-0.39, 0.29) is 5.92 Å². The summed E-state index contributed by atoms with van der Waals surface area (Å²) in [6.45, 7) is 10.5. The second-order valence-corrected chi connectivity index (χ2v) is 8.12. The number of benzene rings is 1. The van der Waals surface area contributed by atoms with Gasteiger partial charge in [0.1, 0.15) is 12.9 Å². The van der Waals surface area contributed by atoms with Crippen LogP contribution in [0.4, 0.5) is 0 Å². The molecule has 1 atom stereocenters. The Morgan fingerprint density at radius 3 is 2.52 bits per heavy atom. The molecule has 1 aliphatic rings. The molecule has 0 aromatic heterocycles. The lowest BCUT2D eigenvalue weighted by Crippen LogP contribution is -2.24. The summed E-state index contributed by atoms with van der Waals surface area (Å²) in [4.78, 5) is 13.9. The zero-order valence-corrected chi connectivity index (χ0v) is 21.8. The molecule has 1 aromatic carbocycles. The Kier molecular flexibility index (Phi) is 15.4. The van der Waals surface area contributed by atoms with Crippen LogP contribution in [0.1, 0.15) is 51.5 Å². The van der Waals surface area contributed by atoms with Gasteiger partial charge in [-0.1, -0.05) is 43.1 Å². The maximum atomic E-state index is 11.5. The second-order valence-electron chi connectivity index (χ2n) is 7.30. The Bertz CT molecular complexity index is 788. The van der Waals surface area contributed by atoms with Gasteiger partial charge in [-0.15, -0.1) is 0 Å². The third-order valence-corrected chi connectivity index (χ3v) is 5.93. The summed E-state index contributed by atoms with van der Waals surface area (Å²) < 4.78 is 11.4. The first-order valence-corrected chi connectivity index (χ1v) is 12.4. The molecule has 1 N–H and O–H groups in total. The molecule has 2 rings (SSSR count). The van der Waals surface area contributed by atoms with Crippen molar-refractivity contribution < 1.29 is 14.3 Å². The molecule has 7 heteroatoms. The smallest absolute Gasteiger partial charge is 0.160 e. The summed E-state index contributed by atoms with van der Waals surface area (Å²) in [5.41, 5.74) is 0.862. The molecule has 1 saturated heterocycles. The molecule has 0 aliphatic carbocycles. The number of nitrogens with one attached hydrogen (secondary N) is 1. The minimum atomic E-state index is -0.237. The fraction of sp³-hybridized carbons (Fsp3) is 0.500. The zero-order valence-electron chi connectivity index (χ0n) is 20.3. The lowest BCUT2D eigenvalue weighted by molar-refractivity contribution is -0.109. The first kappa shape index (κ1) is 29.1. The van der Waals surface area contributed by atoms with Crippen molar-refractivity contribution in [2.45, 2.75) is 46.0 Å². The maximum absolute atomic E-state index is 11.5. The molecule has 0 saturated carbocycles.